The Hall–Kier alpha value is -3.54. The molecular weight excluding hydrogens is 368 g/mol. The number of phenolic OH excluding ortho intramolecular Hbond substituents is 1. The van der Waals surface area contributed by atoms with Crippen molar-refractivity contribution < 1.29 is 19.1 Å². The van der Waals surface area contributed by atoms with Crippen LogP contribution in [0.25, 0.3) is 0 Å². The summed E-state index contributed by atoms with van der Waals surface area (Å²) in [4.78, 5) is 26.8. The predicted octanol–water partition coefficient (Wildman–Crippen LogP) is 3.56. The molecule has 0 radical (unpaired) electrons. The maximum absolute atomic E-state index is 12.8. The zero-order valence-corrected chi connectivity index (χ0v) is 16.5. The minimum absolute atomic E-state index is 0.115. The minimum atomic E-state index is -0.300. The van der Waals surface area contributed by atoms with Crippen LogP contribution in [0.4, 0.5) is 0 Å². The predicted molar refractivity (Wildman–Crippen MR) is 109 cm³/mol. The van der Waals surface area contributed by atoms with Crippen molar-refractivity contribution in [1.29, 1.82) is 0 Å². The summed E-state index contributed by atoms with van der Waals surface area (Å²) in [5, 5.41) is 12.7. The largest absolute Gasteiger partial charge is 0.508 e. The topological polar surface area (TPSA) is 82.8 Å². The number of furan rings is 1. The second kappa shape index (κ2) is 9.10. The summed E-state index contributed by atoms with van der Waals surface area (Å²) in [6.45, 7) is 4.13. The Kier molecular flexibility index (Phi) is 6.34. The minimum Gasteiger partial charge on any atom is -0.508 e. The lowest BCUT2D eigenvalue weighted by Gasteiger charge is -2.22. The van der Waals surface area contributed by atoms with Crippen molar-refractivity contribution in [2.45, 2.75) is 26.9 Å². The normalized spacial score (nSPS) is 10.6. The van der Waals surface area contributed by atoms with E-state index < -0.39 is 0 Å². The molecule has 0 unspecified atom stereocenters. The molecule has 0 saturated heterocycles. The fraction of sp³-hybridized carbons (Fsp3) is 0.217. The van der Waals surface area contributed by atoms with Crippen molar-refractivity contribution in [2.24, 2.45) is 0 Å². The molecule has 0 aliphatic rings. The molecule has 0 atom stereocenters. The van der Waals surface area contributed by atoms with Gasteiger partial charge < -0.3 is 19.7 Å². The third-order valence-electron chi connectivity index (χ3n) is 4.52. The van der Waals surface area contributed by atoms with Gasteiger partial charge in [0.25, 0.3) is 5.91 Å². The third kappa shape index (κ3) is 5.48. The average Bonchev–Trinajstić information content (AvgIpc) is 3.19. The standard InChI is InChI=1S/C23H24N2O4/c1-16-10-17(2)12-19(11-16)23(28)24-13-22(27)25(15-20-7-5-9-29-20)14-18-6-3-4-8-21(18)26/h3-12,26H,13-15H2,1-2H3,(H,24,28). The molecule has 1 aromatic heterocycles. The highest BCUT2D eigenvalue weighted by atomic mass is 16.3. The van der Waals surface area contributed by atoms with Crippen LogP contribution >= 0.6 is 0 Å². The van der Waals surface area contributed by atoms with E-state index in [1.807, 2.05) is 19.9 Å². The SMILES string of the molecule is Cc1cc(C)cc(C(=O)NCC(=O)N(Cc2ccco2)Cc2ccccc2O)c1. The van der Waals surface area contributed by atoms with Crippen LogP contribution in [0.3, 0.4) is 0 Å². The third-order valence-corrected chi connectivity index (χ3v) is 4.52. The summed E-state index contributed by atoms with van der Waals surface area (Å²) < 4.78 is 5.36. The molecule has 150 valence electrons. The quantitative estimate of drug-likeness (QED) is 0.644. The maximum Gasteiger partial charge on any atom is 0.251 e. The highest BCUT2D eigenvalue weighted by Crippen LogP contribution is 2.19. The highest BCUT2D eigenvalue weighted by Gasteiger charge is 2.18. The average molecular weight is 392 g/mol. The first-order chi connectivity index (χ1) is 13.9. The number of amides is 2. The molecular formula is C23H24N2O4. The number of hydrogen-bond acceptors (Lipinski definition) is 4. The number of benzene rings is 2. The van der Waals surface area contributed by atoms with Crippen LogP contribution < -0.4 is 5.32 Å². The first-order valence-electron chi connectivity index (χ1n) is 9.36. The van der Waals surface area contributed by atoms with Gasteiger partial charge in [-0.25, -0.2) is 0 Å². The van der Waals surface area contributed by atoms with E-state index >= 15 is 0 Å². The van der Waals surface area contributed by atoms with Gasteiger partial charge in [0.05, 0.1) is 19.4 Å². The molecule has 6 heteroatoms. The van der Waals surface area contributed by atoms with E-state index in [9.17, 15) is 14.7 Å². The van der Waals surface area contributed by atoms with E-state index in [2.05, 4.69) is 5.32 Å². The zero-order chi connectivity index (χ0) is 20.8. The Bertz CT molecular complexity index is 976. The van der Waals surface area contributed by atoms with Gasteiger partial charge in [-0.1, -0.05) is 35.4 Å². The number of para-hydroxylation sites is 1. The lowest BCUT2D eigenvalue weighted by atomic mass is 10.1. The van der Waals surface area contributed by atoms with Crippen LogP contribution in [0, 0.1) is 13.8 Å². The number of nitrogens with zero attached hydrogens (tertiary/aromatic N) is 1. The molecule has 1 heterocycles. The first kappa shape index (κ1) is 20.2. The van der Waals surface area contributed by atoms with E-state index in [1.54, 1.807) is 54.8 Å². The molecule has 0 fully saturated rings. The molecule has 3 aromatic rings. The van der Waals surface area contributed by atoms with E-state index in [-0.39, 0.29) is 37.2 Å². The summed E-state index contributed by atoms with van der Waals surface area (Å²) in [6, 6.07) is 15.9. The highest BCUT2D eigenvalue weighted by molar-refractivity contribution is 5.96. The number of rotatable bonds is 7. The molecule has 2 amide bonds. The number of aromatic hydroxyl groups is 1. The van der Waals surface area contributed by atoms with Crippen molar-refractivity contribution in [3.05, 3.63) is 88.9 Å². The van der Waals surface area contributed by atoms with Gasteiger partial charge in [0, 0.05) is 17.7 Å². The van der Waals surface area contributed by atoms with Crippen molar-refractivity contribution in [2.75, 3.05) is 6.54 Å². The van der Waals surface area contributed by atoms with Gasteiger partial charge in [0.15, 0.2) is 0 Å². The Balaban J connectivity index is 1.70. The molecule has 0 aliphatic carbocycles. The van der Waals surface area contributed by atoms with E-state index in [0.717, 1.165) is 11.1 Å². The monoisotopic (exact) mass is 392 g/mol. The van der Waals surface area contributed by atoms with Gasteiger partial charge in [-0.3, -0.25) is 9.59 Å². The van der Waals surface area contributed by atoms with Crippen molar-refractivity contribution >= 4 is 11.8 Å². The smallest absolute Gasteiger partial charge is 0.251 e. The van der Waals surface area contributed by atoms with Crippen LogP contribution in [-0.4, -0.2) is 28.4 Å². The van der Waals surface area contributed by atoms with Crippen LogP contribution in [0.2, 0.25) is 0 Å². The number of hydrogen-bond donors (Lipinski definition) is 2. The summed E-state index contributed by atoms with van der Waals surface area (Å²) in [7, 11) is 0. The molecule has 3 rings (SSSR count). The lowest BCUT2D eigenvalue weighted by Crippen LogP contribution is -2.39. The van der Waals surface area contributed by atoms with Crippen LogP contribution in [-0.2, 0) is 17.9 Å². The van der Waals surface area contributed by atoms with E-state index in [4.69, 9.17) is 4.42 Å². The summed E-state index contributed by atoms with van der Waals surface area (Å²) >= 11 is 0. The Morgan fingerprint density at radius 3 is 2.38 bits per heavy atom. The molecule has 2 N–H and O–H groups in total. The van der Waals surface area contributed by atoms with Gasteiger partial charge >= 0.3 is 0 Å². The van der Waals surface area contributed by atoms with Gasteiger partial charge in [0.1, 0.15) is 11.5 Å². The van der Waals surface area contributed by atoms with Gasteiger partial charge in [-0.2, -0.15) is 0 Å². The van der Waals surface area contributed by atoms with Crippen molar-refractivity contribution in [3.63, 3.8) is 0 Å². The number of carbonyl (C=O) groups is 2. The van der Waals surface area contributed by atoms with Gasteiger partial charge in [0.2, 0.25) is 5.91 Å². The molecule has 0 bridgehead atoms. The second-order valence-corrected chi connectivity index (χ2v) is 7.02. The van der Waals surface area contributed by atoms with Gasteiger partial charge in [-0.15, -0.1) is 0 Å². The van der Waals surface area contributed by atoms with Crippen LogP contribution in [0.1, 0.15) is 32.8 Å². The fourth-order valence-electron chi connectivity index (χ4n) is 3.15. The second-order valence-electron chi connectivity index (χ2n) is 7.02. The molecule has 0 aliphatic heterocycles. The van der Waals surface area contributed by atoms with Gasteiger partial charge in [-0.05, 0) is 44.2 Å². The Labute approximate surface area is 169 Å². The summed E-state index contributed by atoms with van der Waals surface area (Å²) in [5.41, 5.74) is 3.11. The summed E-state index contributed by atoms with van der Waals surface area (Å²) in [6.07, 6.45) is 1.54. The lowest BCUT2D eigenvalue weighted by molar-refractivity contribution is -0.131. The molecule has 29 heavy (non-hydrogen) atoms. The number of carbonyl (C=O) groups excluding carboxylic acids is 2. The maximum atomic E-state index is 12.8. The van der Waals surface area contributed by atoms with Crippen LogP contribution in [0.15, 0.2) is 65.3 Å². The van der Waals surface area contributed by atoms with Crippen LogP contribution in [0.5, 0.6) is 5.75 Å². The Morgan fingerprint density at radius 1 is 1.00 bits per heavy atom. The fourth-order valence-corrected chi connectivity index (χ4v) is 3.15. The van der Waals surface area contributed by atoms with Crippen molar-refractivity contribution in [1.82, 2.24) is 10.2 Å². The summed E-state index contributed by atoms with van der Waals surface area (Å²) in [5.74, 6) is 0.159. The first-order valence-corrected chi connectivity index (χ1v) is 9.36. The number of phenols is 1. The van der Waals surface area contributed by atoms with Crippen molar-refractivity contribution in [3.8, 4) is 5.75 Å². The molecule has 6 nitrogen and oxygen atoms in total. The number of aryl methyl sites for hydroxylation is 2. The Morgan fingerprint density at radius 2 is 1.72 bits per heavy atom. The van der Waals surface area contributed by atoms with E-state index in [1.165, 1.54) is 4.90 Å². The number of nitrogens with one attached hydrogen (secondary N) is 1. The molecule has 0 spiro atoms. The molecule has 0 saturated carbocycles. The molecule has 2 aromatic carbocycles. The zero-order valence-electron chi connectivity index (χ0n) is 16.5. The van der Waals surface area contributed by atoms with E-state index in [0.29, 0.717) is 16.9 Å².